The Morgan fingerprint density at radius 2 is 1.97 bits per heavy atom. The van der Waals surface area contributed by atoms with Crippen LogP contribution >= 0.6 is 0 Å². The second-order valence-corrected chi connectivity index (χ2v) is 7.19. The van der Waals surface area contributed by atoms with Crippen molar-refractivity contribution in [3.05, 3.63) is 90.3 Å². The Balaban J connectivity index is 1.60. The minimum atomic E-state index is -0.253. The molecule has 3 heterocycles. The number of hydrogen-bond acceptors (Lipinski definition) is 5. The first kappa shape index (κ1) is 19.0. The molecule has 5 aromatic rings. The third-order valence-electron chi connectivity index (χ3n) is 5.19. The second-order valence-electron chi connectivity index (χ2n) is 7.19. The van der Waals surface area contributed by atoms with E-state index in [1.807, 2.05) is 48.5 Å². The van der Waals surface area contributed by atoms with Gasteiger partial charge in [0.25, 0.3) is 5.91 Å². The van der Waals surface area contributed by atoms with E-state index in [2.05, 4.69) is 15.0 Å². The van der Waals surface area contributed by atoms with Crippen LogP contribution in [0.4, 0.5) is 0 Å². The molecule has 7 nitrogen and oxygen atoms in total. The first-order valence-corrected chi connectivity index (χ1v) is 9.86. The average molecular weight is 412 g/mol. The van der Waals surface area contributed by atoms with Crippen LogP contribution in [0.15, 0.2) is 73.4 Å². The molecule has 0 aliphatic heterocycles. The van der Waals surface area contributed by atoms with Crippen molar-refractivity contribution >= 4 is 27.7 Å². The summed E-state index contributed by atoms with van der Waals surface area (Å²) in [5, 5.41) is 1.86. The van der Waals surface area contributed by atoms with E-state index in [1.165, 1.54) is 10.9 Å². The molecule has 0 atom stereocenters. The highest BCUT2D eigenvalue weighted by atomic mass is 16.5. The Hall–Kier alpha value is -3.97. The fourth-order valence-electron chi connectivity index (χ4n) is 3.74. The number of aromatic nitrogens is 4. The number of methoxy groups -OCH3 is 1. The summed E-state index contributed by atoms with van der Waals surface area (Å²) in [6.07, 6.45) is 6.32. The lowest BCUT2D eigenvalue weighted by Gasteiger charge is -2.10. The molecule has 0 fully saturated rings. The largest absolute Gasteiger partial charge is 0.489 e. The molecular weight excluding hydrogens is 392 g/mol. The maximum absolute atomic E-state index is 13.0. The highest BCUT2D eigenvalue weighted by Gasteiger charge is 2.20. The Labute approximate surface area is 178 Å². The van der Waals surface area contributed by atoms with Gasteiger partial charge in [-0.15, -0.1) is 0 Å². The van der Waals surface area contributed by atoms with Crippen molar-refractivity contribution in [1.29, 1.82) is 0 Å². The van der Waals surface area contributed by atoms with Crippen LogP contribution in [0.2, 0.25) is 0 Å². The smallest absolute Gasteiger partial charge is 0.282 e. The number of carbonyl (C=O) groups is 1. The predicted octanol–water partition coefficient (Wildman–Crippen LogP) is 4.33. The standard InChI is InChI=1S/C24H20N4O3/c1-30-14-19-22-18-11-17(31-13-16-5-3-2-4-6-16)7-8-20(18)27-21(22)12-26-23(19)24(29)28-10-9-25-15-28/h2-12,15,27H,13-14H2,1H3. The van der Waals surface area contributed by atoms with Gasteiger partial charge in [0, 0.05) is 41.4 Å². The van der Waals surface area contributed by atoms with Crippen molar-refractivity contribution in [3.63, 3.8) is 0 Å². The van der Waals surface area contributed by atoms with Crippen LogP contribution in [0, 0.1) is 0 Å². The summed E-state index contributed by atoms with van der Waals surface area (Å²) in [5.41, 5.74) is 3.94. The molecule has 31 heavy (non-hydrogen) atoms. The molecule has 7 heteroatoms. The van der Waals surface area contributed by atoms with Crippen molar-refractivity contribution < 1.29 is 14.3 Å². The zero-order valence-electron chi connectivity index (χ0n) is 16.9. The Bertz CT molecular complexity index is 1360. The summed E-state index contributed by atoms with van der Waals surface area (Å²) in [5.74, 6) is 0.497. The molecule has 5 rings (SSSR count). The van der Waals surface area contributed by atoms with Gasteiger partial charge >= 0.3 is 0 Å². The van der Waals surface area contributed by atoms with Gasteiger partial charge in [-0.2, -0.15) is 0 Å². The lowest BCUT2D eigenvalue weighted by Crippen LogP contribution is -2.15. The summed E-state index contributed by atoms with van der Waals surface area (Å²) in [7, 11) is 1.60. The number of rotatable bonds is 6. The minimum Gasteiger partial charge on any atom is -0.489 e. The lowest BCUT2D eigenvalue weighted by molar-refractivity contribution is 0.0950. The highest BCUT2D eigenvalue weighted by molar-refractivity contribution is 6.12. The molecule has 0 saturated carbocycles. The van der Waals surface area contributed by atoms with Crippen LogP contribution in [-0.4, -0.2) is 32.5 Å². The maximum atomic E-state index is 13.0. The molecule has 0 radical (unpaired) electrons. The third-order valence-corrected chi connectivity index (χ3v) is 5.19. The summed E-state index contributed by atoms with van der Waals surface area (Å²) in [4.78, 5) is 24.8. The van der Waals surface area contributed by atoms with Crippen LogP contribution in [0.3, 0.4) is 0 Å². The Morgan fingerprint density at radius 1 is 1.10 bits per heavy atom. The fourth-order valence-corrected chi connectivity index (χ4v) is 3.74. The number of nitrogens with zero attached hydrogens (tertiary/aromatic N) is 3. The normalized spacial score (nSPS) is 11.3. The molecule has 0 saturated heterocycles. The number of pyridine rings is 1. The van der Waals surface area contributed by atoms with E-state index in [-0.39, 0.29) is 12.5 Å². The van der Waals surface area contributed by atoms with Gasteiger partial charge in [0.15, 0.2) is 0 Å². The quantitative estimate of drug-likeness (QED) is 0.449. The van der Waals surface area contributed by atoms with E-state index >= 15 is 0 Å². The number of H-pyrrole nitrogens is 1. The van der Waals surface area contributed by atoms with Gasteiger partial charge in [-0.1, -0.05) is 30.3 Å². The highest BCUT2D eigenvalue weighted by Crippen LogP contribution is 2.33. The van der Waals surface area contributed by atoms with E-state index in [0.717, 1.165) is 38.7 Å². The van der Waals surface area contributed by atoms with E-state index in [0.29, 0.717) is 12.3 Å². The summed E-state index contributed by atoms with van der Waals surface area (Å²) >= 11 is 0. The van der Waals surface area contributed by atoms with Crippen molar-refractivity contribution in [1.82, 2.24) is 19.5 Å². The van der Waals surface area contributed by atoms with E-state index < -0.39 is 0 Å². The van der Waals surface area contributed by atoms with Crippen molar-refractivity contribution in [2.45, 2.75) is 13.2 Å². The monoisotopic (exact) mass is 412 g/mol. The Morgan fingerprint density at radius 3 is 2.74 bits per heavy atom. The average Bonchev–Trinajstić information content (AvgIpc) is 3.46. The first-order chi connectivity index (χ1) is 15.2. The fraction of sp³-hybridized carbons (Fsp3) is 0.125. The molecule has 2 aromatic carbocycles. The van der Waals surface area contributed by atoms with Crippen molar-refractivity contribution in [2.24, 2.45) is 0 Å². The van der Waals surface area contributed by atoms with Crippen LogP contribution in [0.25, 0.3) is 21.8 Å². The first-order valence-electron chi connectivity index (χ1n) is 9.86. The van der Waals surface area contributed by atoms with Crippen LogP contribution in [0.1, 0.15) is 21.6 Å². The van der Waals surface area contributed by atoms with E-state index in [1.54, 1.807) is 25.7 Å². The van der Waals surface area contributed by atoms with Crippen molar-refractivity contribution in [3.8, 4) is 5.75 Å². The summed E-state index contributed by atoms with van der Waals surface area (Å²) in [6.45, 7) is 0.730. The number of benzene rings is 2. The van der Waals surface area contributed by atoms with Gasteiger partial charge in [-0.25, -0.2) is 9.97 Å². The topological polar surface area (TPSA) is 82.0 Å². The summed E-state index contributed by atoms with van der Waals surface area (Å²) in [6, 6.07) is 15.9. The van der Waals surface area contributed by atoms with Crippen LogP contribution in [-0.2, 0) is 18.0 Å². The molecule has 0 aliphatic carbocycles. The second kappa shape index (κ2) is 8.04. The van der Waals surface area contributed by atoms with Crippen molar-refractivity contribution in [2.75, 3.05) is 7.11 Å². The van der Waals surface area contributed by atoms with E-state index in [9.17, 15) is 4.79 Å². The molecule has 3 aromatic heterocycles. The van der Waals surface area contributed by atoms with E-state index in [4.69, 9.17) is 9.47 Å². The maximum Gasteiger partial charge on any atom is 0.282 e. The zero-order valence-corrected chi connectivity index (χ0v) is 16.9. The molecule has 154 valence electrons. The number of aromatic amines is 1. The number of imidazole rings is 1. The molecule has 0 amide bonds. The lowest BCUT2D eigenvalue weighted by atomic mass is 10.1. The molecule has 0 spiro atoms. The van der Waals surface area contributed by atoms with Crippen LogP contribution < -0.4 is 4.74 Å². The Kier molecular flexibility index (Phi) is 4.93. The van der Waals surface area contributed by atoms with Crippen LogP contribution in [0.5, 0.6) is 5.75 Å². The SMILES string of the molecule is COCc1c(C(=O)n2ccnc2)ncc2[nH]c3ccc(OCc4ccccc4)cc3c12. The number of fused-ring (bicyclic) bond motifs is 3. The third kappa shape index (κ3) is 3.55. The number of nitrogens with one attached hydrogen (secondary N) is 1. The van der Waals surface area contributed by atoms with Gasteiger partial charge < -0.3 is 14.5 Å². The number of hydrogen-bond donors (Lipinski definition) is 1. The van der Waals surface area contributed by atoms with Gasteiger partial charge in [0.2, 0.25) is 0 Å². The minimum absolute atomic E-state index is 0.252. The van der Waals surface area contributed by atoms with Gasteiger partial charge in [-0.3, -0.25) is 9.36 Å². The zero-order chi connectivity index (χ0) is 21.2. The van der Waals surface area contributed by atoms with Gasteiger partial charge in [-0.05, 0) is 23.8 Å². The predicted molar refractivity (Wildman–Crippen MR) is 117 cm³/mol. The molecule has 0 aliphatic rings. The van der Waals surface area contributed by atoms with Gasteiger partial charge in [0.1, 0.15) is 24.4 Å². The molecule has 0 bridgehead atoms. The molecule has 0 unspecified atom stereocenters. The number of carbonyl (C=O) groups excluding carboxylic acids is 1. The molecular formula is C24H20N4O3. The number of ether oxygens (including phenoxy) is 2. The summed E-state index contributed by atoms with van der Waals surface area (Å²) < 4.78 is 12.9. The molecule has 1 N–H and O–H groups in total. The van der Waals surface area contributed by atoms with Gasteiger partial charge in [0.05, 0.1) is 18.3 Å².